The molecule has 0 bridgehead atoms. The zero-order valence-corrected chi connectivity index (χ0v) is 16.1. The number of nitrogens with zero attached hydrogens (tertiary/aromatic N) is 1. The molecule has 0 saturated carbocycles. The zero-order chi connectivity index (χ0) is 19.8. The molecule has 6 heteroatoms. The highest BCUT2D eigenvalue weighted by Gasteiger charge is 2.27. The first kappa shape index (κ1) is 19.7. The molecular formula is C22H26N2O4. The van der Waals surface area contributed by atoms with Crippen LogP contribution in [0.3, 0.4) is 0 Å². The second kappa shape index (κ2) is 9.78. The van der Waals surface area contributed by atoms with Gasteiger partial charge in [0.15, 0.2) is 0 Å². The number of nitrogens with one attached hydrogen (secondary N) is 1. The van der Waals surface area contributed by atoms with E-state index in [4.69, 9.17) is 9.47 Å². The highest BCUT2D eigenvalue weighted by Crippen LogP contribution is 2.22. The van der Waals surface area contributed by atoms with Crippen molar-refractivity contribution in [1.82, 2.24) is 4.90 Å². The van der Waals surface area contributed by atoms with Crippen LogP contribution >= 0.6 is 0 Å². The molecule has 6 nitrogen and oxygen atoms in total. The number of ether oxygens (including phenoxy) is 2. The summed E-state index contributed by atoms with van der Waals surface area (Å²) in [7, 11) is 0. The molecule has 1 fully saturated rings. The molecule has 3 rings (SSSR count). The van der Waals surface area contributed by atoms with Gasteiger partial charge in [0.25, 0.3) is 0 Å². The maximum atomic E-state index is 12.5. The van der Waals surface area contributed by atoms with Gasteiger partial charge in [0, 0.05) is 24.7 Å². The lowest BCUT2D eigenvalue weighted by atomic mass is 9.96. The Morgan fingerprint density at radius 1 is 1.04 bits per heavy atom. The van der Waals surface area contributed by atoms with E-state index < -0.39 is 0 Å². The summed E-state index contributed by atoms with van der Waals surface area (Å²) >= 11 is 0. The summed E-state index contributed by atoms with van der Waals surface area (Å²) in [6.45, 7) is 3.75. The number of carbonyl (C=O) groups is 2. The highest BCUT2D eigenvalue weighted by atomic mass is 16.6. The van der Waals surface area contributed by atoms with Gasteiger partial charge in [-0.05, 0) is 49.6 Å². The summed E-state index contributed by atoms with van der Waals surface area (Å²) in [5, 5.41) is 2.95. The lowest BCUT2D eigenvalue weighted by Gasteiger charge is -2.30. The molecule has 148 valence electrons. The molecule has 1 saturated heterocycles. The van der Waals surface area contributed by atoms with E-state index in [2.05, 4.69) is 5.32 Å². The fourth-order valence-electron chi connectivity index (χ4n) is 3.16. The number of hydrogen-bond donors (Lipinski definition) is 1. The first-order valence-corrected chi connectivity index (χ1v) is 9.65. The third kappa shape index (κ3) is 5.49. The molecule has 28 heavy (non-hydrogen) atoms. The molecule has 1 heterocycles. The number of rotatable bonds is 6. The van der Waals surface area contributed by atoms with Crippen LogP contribution in [0.5, 0.6) is 5.75 Å². The quantitative estimate of drug-likeness (QED) is 0.818. The second-order valence-electron chi connectivity index (χ2n) is 6.75. The fraction of sp³-hybridized carbons (Fsp3) is 0.364. The number of piperidine rings is 1. The van der Waals surface area contributed by atoms with Crippen LogP contribution in [0.25, 0.3) is 0 Å². The van der Waals surface area contributed by atoms with Gasteiger partial charge in [-0.2, -0.15) is 0 Å². The van der Waals surface area contributed by atoms with Gasteiger partial charge < -0.3 is 19.7 Å². The van der Waals surface area contributed by atoms with Crippen molar-refractivity contribution in [3.63, 3.8) is 0 Å². The Morgan fingerprint density at radius 2 is 1.71 bits per heavy atom. The first-order valence-electron chi connectivity index (χ1n) is 9.65. The molecule has 0 atom stereocenters. The van der Waals surface area contributed by atoms with Crippen molar-refractivity contribution in [1.29, 1.82) is 0 Å². The van der Waals surface area contributed by atoms with E-state index >= 15 is 0 Å². The smallest absolute Gasteiger partial charge is 0.409 e. The zero-order valence-electron chi connectivity index (χ0n) is 16.1. The van der Waals surface area contributed by atoms with Crippen molar-refractivity contribution in [2.45, 2.75) is 26.4 Å². The maximum Gasteiger partial charge on any atom is 0.409 e. The number of amides is 2. The van der Waals surface area contributed by atoms with E-state index in [1.165, 1.54) is 0 Å². The van der Waals surface area contributed by atoms with Gasteiger partial charge >= 0.3 is 6.09 Å². The minimum Gasteiger partial charge on any atom is -0.489 e. The molecule has 0 unspecified atom stereocenters. The monoisotopic (exact) mass is 382 g/mol. The van der Waals surface area contributed by atoms with Crippen LogP contribution in [0.2, 0.25) is 0 Å². The van der Waals surface area contributed by atoms with E-state index in [9.17, 15) is 9.59 Å². The topological polar surface area (TPSA) is 67.9 Å². The normalized spacial score (nSPS) is 14.4. The summed E-state index contributed by atoms with van der Waals surface area (Å²) in [6, 6.07) is 17.3. The van der Waals surface area contributed by atoms with E-state index in [0.717, 1.165) is 17.0 Å². The average Bonchev–Trinajstić information content (AvgIpc) is 2.74. The van der Waals surface area contributed by atoms with Crippen molar-refractivity contribution >= 4 is 17.7 Å². The lowest BCUT2D eigenvalue weighted by Crippen LogP contribution is -2.41. The van der Waals surface area contributed by atoms with E-state index in [1.807, 2.05) is 54.6 Å². The Labute approximate surface area is 165 Å². The van der Waals surface area contributed by atoms with Crippen molar-refractivity contribution in [3.05, 3.63) is 60.2 Å². The number of likely N-dealkylation sites (tertiary alicyclic amines) is 1. The van der Waals surface area contributed by atoms with Gasteiger partial charge in [0.2, 0.25) is 5.91 Å². The number of carbonyl (C=O) groups excluding carboxylic acids is 2. The van der Waals surface area contributed by atoms with Crippen molar-refractivity contribution in [2.24, 2.45) is 5.92 Å². The summed E-state index contributed by atoms with van der Waals surface area (Å²) in [5.74, 6) is 0.644. The molecule has 2 aromatic carbocycles. The molecule has 0 aromatic heterocycles. The van der Waals surface area contributed by atoms with Crippen molar-refractivity contribution in [2.75, 3.05) is 25.0 Å². The van der Waals surface area contributed by atoms with Crippen LogP contribution in [0.4, 0.5) is 10.5 Å². The molecule has 2 aromatic rings. The predicted octanol–water partition coefficient (Wildman–Crippen LogP) is 4.07. The standard InChI is InChI=1S/C22H26N2O4/c1-2-27-22(26)24-14-12-18(13-15-24)21(25)23-19-8-10-20(11-9-19)28-16-17-6-4-3-5-7-17/h3-11,18H,2,12-16H2,1H3,(H,23,25). The summed E-state index contributed by atoms with van der Waals surface area (Å²) < 4.78 is 10.8. The van der Waals surface area contributed by atoms with E-state index in [1.54, 1.807) is 11.8 Å². The Hall–Kier alpha value is -3.02. The Kier molecular flexibility index (Phi) is 6.89. The molecule has 0 radical (unpaired) electrons. The van der Waals surface area contributed by atoms with Crippen LogP contribution in [0.1, 0.15) is 25.3 Å². The molecule has 1 aliphatic rings. The summed E-state index contributed by atoms with van der Waals surface area (Å²) in [5.41, 5.74) is 1.85. The maximum absolute atomic E-state index is 12.5. The Balaban J connectivity index is 1.45. The molecule has 1 N–H and O–H groups in total. The van der Waals surface area contributed by atoms with Gasteiger partial charge in [-0.1, -0.05) is 30.3 Å². The molecule has 2 amide bonds. The number of anilines is 1. The second-order valence-corrected chi connectivity index (χ2v) is 6.75. The van der Waals surface area contributed by atoms with Crippen LogP contribution in [0.15, 0.2) is 54.6 Å². The minimum absolute atomic E-state index is 0.0125. The van der Waals surface area contributed by atoms with Crippen molar-refractivity contribution in [3.8, 4) is 5.75 Å². The van der Waals surface area contributed by atoms with Crippen LogP contribution in [-0.2, 0) is 16.1 Å². The first-order chi connectivity index (χ1) is 13.7. The average molecular weight is 382 g/mol. The van der Waals surface area contributed by atoms with Crippen LogP contribution in [0, 0.1) is 5.92 Å². The minimum atomic E-state index is -0.299. The third-order valence-corrected chi connectivity index (χ3v) is 4.76. The van der Waals surface area contributed by atoms with Crippen LogP contribution in [-0.4, -0.2) is 36.6 Å². The molecular weight excluding hydrogens is 356 g/mol. The number of hydrogen-bond acceptors (Lipinski definition) is 4. The highest BCUT2D eigenvalue weighted by molar-refractivity contribution is 5.92. The summed E-state index contributed by atoms with van der Waals surface area (Å²) in [4.78, 5) is 25.9. The van der Waals surface area contributed by atoms with Crippen LogP contribution < -0.4 is 10.1 Å². The predicted molar refractivity (Wildman–Crippen MR) is 107 cm³/mol. The van der Waals surface area contributed by atoms with Crippen molar-refractivity contribution < 1.29 is 19.1 Å². The van der Waals surface area contributed by atoms with Gasteiger partial charge in [0.05, 0.1) is 6.61 Å². The van der Waals surface area contributed by atoms with Gasteiger partial charge in [-0.3, -0.25) is 4.79 Å². The largest absolute Gasteiger partial charge is 0.489 e. The SMILES string of the molecule is CCOC(=O)N1CCC(C(=O)Nc2ccc(OCc3ccccc3)cc2)CC1. The molecule has 0 spiro atoms. The summed E-state index contributed by atoms with van der Waals surface area (Å²) in [6.07, 6.45) is 0.985. The Morgan fingerprint density at radius 3 is 2.36 bits per heavy atom. The van der Waals surface area contributed by atoms with E-state index in [0.29, 0.717) is 39.1 Å². The van der Waals surface area contributed by atoms with Gasteiger partial charge in [-0.25, -0.2) is 4.79 Å². The Bertz CT molecular complexity index is 769. The fourth-order valence-corrected chi connectivity index (χ4v) is 3.16. The number of benzene rings is 2. The van der Waals surface area contributed by atoms with Gasteiger partial charge in [-0.15, -0.1) is 0 Å². The molecule has 1 aliphatic heterocycles. The lowest BCUT2D eigenvalue weighted by molar-refractivity contribution is -0.121. The van der Waals surface area contributed by atoms with Gasteiger partial charge in [0.1, 0.15) is 12.4 Å². The van der Waals surface area contributed by atoms with E-state index in [-0.39, 0.29) is 17.9 Å². The molecule has 0 aliphatic carbocycles. The third-order valence-electron chi connectivity index (χ3n) is 4.76.